The van der Waals surface area contributed by atoms with Gasteiger partial charge in [0, 0.05) is 30.3 Å². The third kappa shape index (κ3) is 5.53. The minimum absolute atomic E-state index is 0.0152. The predicted octanol–water partition coefficient (Wildman–Crippen LogP) is 4.31. The maximum Gasteiger partial charge on any atom is 0.269 e. The molecule has 1 saturated carbocycles. The number of hydrogen-bond acceptors (Lipinski definition) is 6. The molecule has 1 fully saturated rings. The Labute approximate surface area is 190 Å². The monoisotopic (exact) mass is 451 g/mol. The van der Waals surface area contributed by atoms with E-state index in [0.29, 0.717) is 17.4 Å². The lowest BCUT2D eigenvalue weighted by atomic mass is 9.95. The van der Waals surface area contributed by atoms with Crippen molar-refractivity contribution in [2.45, 2.75) is 49.7 Å². The van der Waals surface area contributed by atoms with Gasteiger partial charge in [0.2, 0.25) is 5.91 Å². The Morgan fingerprint density at radius 1 is 1.06 bits per heavy atom. The first kappa shape index (κ1) is 22.0. The first-order chi connectivity index (χ1) is 15.6. The zero-order valence-electron chi connectivity index (χ0n) is 17.6. The van der Waals surface area contributed by atoms with Gasteiger partial charge >= 0.3 is 0 Å². The number of rotatable bonds is 8. The molecule has 9 heteroatoms. The van der Waals surface area contributed by atoms with Crippen LogP contribution in [0.5, 0.6) is 0 Å². The average Bonchev–Trinajstić information content (AvgIpc) is 3.21. The van der Waals surface area contributed by atoms with E-state index in [1.807, 2.05) is 34.9 Å². The van der Waals surface area contributed by atoms with E-state index in [1.165, 1.54) is 43.2 Å². The molecule has 1 N–H and O–H groups in total. The van der Waals surface area contributed by atoms with Crippen LogP contribution >= 0.6 is 11.8 Å². The van der Waals surface area contributed by atoms with Crippen molar-refractivity contribution in [1.29, 1.82) is 0 Å². The molecular formula is C23H25N5O3S. The number of non-ortho nitro benzene ring substituents is 1. The molecule has 1 aliphatic carbocycles. The molecule has 3 aromatic rings. The normalized spacial score (nSPS) is 14.2. The lowest BCUT2D eigenvalue weighted by Crippen LogP contribution is -2.37. The number of carbonyl (C=O) groups is 1. The van der Waals surface area contributed by atoms with Crippen LogP contribution in [-0.2, 0) is 11.2 Å². The summed E-state index contributed by atoms with van der Waals surface area (Å²) < 4.78 is 1.94. The number of para-hydroxylation sites is 1. The predicted molar refractivity (Wildman–Crippen MR) is 123 cm³/mol. The minimum Gasteiger partial charge on any atom is -0.353 e. The Morgan fingerprint density at radius 2 is 1.78 bits per heavy atom. The number of aromatic nitrogens is 3. The van der Waals surface area contributed by atoms with Crippen molar-refractivity contribution in [3.05, 3.63) is 76.1 Å². The summed E-state index contributed by atoms with van der Waals surface area (Å²) in [6.45, 7) is 0. The Morgan fingerprint density at radius 3 is 2.47 bits per heavy atom. The van der Waals surface area contributed by atoms with Gasteiger partial charge in [-0.25, -0.2) is 0 Å². The SMILES string of the molecule is O=C(CSc1nnc(Cc2ccc([N+](=O)[O-])cc2)n1-c1ccccc1)NC1CCCCC1. The lowest BCUT2D eigenvalue weighted by molar-refractivity contribution is -0.384. The van der Waals surface area contributed by atoms with Gasteiger partial charge in [0.05, 0.1) is 10.7 Å². The number of nitrogens with one attached hydrogen (secondary N) is 1. The molecule has 0 aliphatic heterocycles. The van der Waals surface area contributed by atoms with Crippen molar-refractivity contribution in [2.75, 3.05) is 5.75 Å². The van der Waals surface area contributed by atoms with Gasteiger partial charge in [0.15, 0.2) is 5.16 Å². The summed E-state index contributed by atoms with van der Waals surface area (Å²) >= 11 is 1.36. The fraction of sp³-hybridized carbons (Fsp3) is 0.348. The number of amides is 1. The van der Waals surface area contributed by atoms with E-state index in [1.54, 1.807) is 12.1 Å². The van der Waals surface area contributed by atoms with Crippen molar-refractivity contribution in [3.63, 3.8) is 0 Å². The molecule has 4 rings (SSSR count). The van der Waals surface area contributed by atoms with Crippen molar-refractivity contribution in [1.82, 2.24) is 20.1 Å². The summed E-state index contributed by atoms with van der Waals surface area (Å²) in [6, 6.07) is 16.5. The zero-order valence-corrected chi connectivity index (χ0v) is 18.5. The Kier molecular flexibility index (Phi) is 7.16. The van der Waals surface area contributed by atoms with Crippen LogP contribution in [0.4, 0.5) is 5.69 Å². The molecule has 1 amide bonds. The highest BCUT2D eigenvalue weighted by molar-refractivity contribution is 7.99. The highest BCUT2D eigenvalue weighted by Crippen LogP contribution is 2.24. The summed E-state index contributed by atoms with van der Waals surface area (Å²) in [6.07, 6.45) is 6.17. The molecule has 0 radical (unpaired) electrons. The number of nitrogens with zero attached hydrogens (tertiary/aromatic N) is 4. The molecule has 32 heavy (non-hydrogen) atoms. The summed E-state index contributed by atoms with van der Waals surface area (Å²) in [7, 11) is 0. The second kappa shape index (κ2) is 10.4. The van der Waals surface area contributed by atoms with E-state index in [0.717, 1.165) is 24.1 Å². The van der Waals surface area contributed by atoms with Crippen molar-refractivity contribution in [3.8, 4) is 5.69 Å². The average molecular weight is 452 g/mol. The van der Waals surface area contributed by atoms with Crippen LogP contribution in [0.25, 0.3) is 5.69 Å². The van der Waals surface area contributed by atoms with Gasteiger partial charge in [0.1, 0.15) is 5.82 Å². The molecule has 0 atom stereocenters. The second-order valence-electron chi connectivity index (χ2n) is 7.86. The van der Waals surface area contributed by atoms with E-state index in [-0.39, 0.29) is 23.4 Å². The van der Waals surface area contributed by atoms with Crippen LogP contribution in [0, 0.1) is 10.1 Å². The zero-order chi connectivity index (χ0) is 22.3. The van der Waals surface area contributed by atoms with Gasteiger partial charge in [-0.2, -0.15) is 0 Å². The van der Waals surface area contributed by atoms with Gasteiger partial charge < -0.3 is 5.32 Å². The molecule has 166 valence electrons. The van der Waals surface area contributed by atoms with Crippen molar-refractivity contribution in [2.24, 2.45) is 0 Å². The number of nitro benzene ring substituents is 1. The van der Waals surface area contributed by atoms with Crippen molar-refractivity contribution >= 4 is 23.4 Å². The smallest absolute Gasteiger partial charge is 0.269 e. The quantitative estimate of drug-likeness (QED) is 0.311. The maximum absolute atomic E-state index is 12.5. The summed E-state index contributed by atoms with van der Waals surface area (Å²) in [4.78, 5) is 23.0. The van der Waals surface area contributed by atoms with E-state index in [9.17, 15) is 14.9 Å². The van der Waals surface area contributed by atoms with Crippen LogP contribution in [0.2, 0.25) is 0 Å². The van der Waals surface area contributed by atoms with Gasteiger partial charge in [-0.1, -0.05) is 61.4 Å². The van der Waals surface area contributed by atoms with Crippen LogP contribution in [-0.4, -0.2) is 37.4 Å². The molecule has 1 aromatic heterocycles. The molecule has 1 heterocycles. The molecule has 8 nitrogen and oxygen atoms in total. The first-order valence-corrected chi connectivity index (χ1v) is 11.7. The van der Waals surface area contributed by atoms with Crippen LogP contribution in [0.3, 0.4) is 0 Å². The van der Waals surface area contributed by atoms with Gasteiger partial charge in [-0.15, -0.1) is 10.2 Å². The van der Waals surface area contributed by atoms with Gasteiger partial charge in [-0.3, -0.25) is 19.5 Å². The largest absolute Gasteiger partial charge is 0.353 e. The summed E-state index contributed by atoms with van der Waals surface area (Å²) in [5, 5.41) is 23.4. The van der Waals surface area contributed by atoms with Crippen LogP contribution in [0.15, 0.2) is 59.8 Å². The Hall–Kier alpha value is -3.20. The van der Waals surface area contributed by atoms with E-state index in [2.05, 4.69) is 15.5 Å². The molecule has 2 aromatic carbocycles. The maximum atomic E-state index is 12.5. The molecule has 0 saturated heterocycles. The number of thioether (sulfide) groups is 1. The second-order valence-corrected chi connectivity index (χ2v) is 8.80. The van der Waals surface area contributed by atoms with E-state index in [4.69, 9.17) is 0 Å². The summed E-state index contributed by atoms with van der Waals surface area (Å²) in [5.74, 6) is 1.00. The first-order valence-electron chi connectivity index (χ1n) is 10.8. The molecule has 0 bridgehead atoms. The van der Waals surface area contributed by atoms with E-state index >= 15 is 0 Å². The number of benzene rings is 2. The highest BCUT2D eigenvalue weighted by atomic mass is 32.2. The third-order valence-electron chi connectivity index (χ3n) is 5.53. The Balaban J connectivity index is 1.50. The van der Waals surface area contributed by atoms with Gasteiger partial charge in [-0.05, 0) is 30.5 Å². The minimum atomic E-state index is -0.413. The summed E-state index contributed by atoms with van der Waals surface area (Å²) in [5.41, 5.74) is 1.86. The van der Waals surface area contributed by atoms with Crippen LogP contribution in [0.1, 0.15) is 43.5 Å². The standard InChI is InChI=1S/C23H25N5O3S/c29-22(24-18-7-3-1-4-8-18)16-32-23-26-25-21(27(23)19-9-5-2-6-10-19)15-17-11-13-20(14-12-17)28(30)31/h2,5-6,9-14,18H,1,3-4,7-8,15-16H2,(H,24,29). The van der Waals surface area contributed by atoms with Gasteiger partial charge in [0.25, 0.3) is 5.69 Å². The Bertz CT molecular complexity index is 1060. The fourth-order valence-electron chi connectivity index (χ4n) is 3.91. The molecule has 0 spiro atoms. The number of hydrogen-bond donors (Lipinski definition) is 1. The van der Waals surface area contributed by atoms with Crippen LogP contribution < -0.4 is 5.32 Å². The third-order valence-corrected chi connectivity index (χ3v) is 6.46. The topological polar surface area (TPSA) is 103 Å². The number of carbonyl (C=O) groups excluding carboxylic acids is 1. The fourth-order valence-corrected chi connectivity index (χ4v) is 4.69. The lowest BCUT2D eigenvalue weighted by Gasteiger charge is -2.22. The highest BCUT2D eigenvalue weighted by Gasteiger charge is 2.19. The number of nitro groups is 1. The van der Waals surface area contributed by atoms with E-state index < -0.39 is 4.92 Å². The molecule has 1 aliphatic rings. The van der Waals surface area contributed by atoms with Crippen molar-refractivity contribution < 1.29 is 9.72 Å². The molecular weight excluding hydrogens is 426 g/mol. The molecule has 0 unspecified atom stereocenters.